The van der Waals surface area contributed by atoms with Crippen LogP contribution in [-0.4, -0.2) is 64.7 Å². The number of H-pyrrole nitrogens is 1. The van der Waals surface area contributed by atoms with Gasteiger partial charge in [0.25, 0.3) is 5.91 Å². The fourth-order valence-corrected chi connectivity index (χ4v) is 6.48. The van der Waals surface area contributed by atoms with Gasteiger partial charge in [0, 0.05) is 49.5 Å². The molecule has 0 spiro atoms. The maximum atomic E-state index is 13.2. The molecule has 0 bridgehead atoms. The van der Waals surface area contributed by atoms with E-state index in [2.05, 4.69) is 15.0 Å². The molecule has 1 aliphatic heterocycles. The molecular formula is C22H20FN5O3S2. The van der Waals surface area contributed by atoms with Crippen molar-refractivity contribution < 1.29 is 17.6 Å². The molecule has 0 unspecified atom stereocenters. The van der Waals surface area contributed by atoms with Crippen molar-refractivity contribution in [2.45, 2.75) is 11.8 Å². The highest BCUT2D eigenvalue weighted by atomic mass is 32.2. The monoisotopic (exact) mass is 485 g/mol. The van der Waals surface area contributed by atoms with Gasteiger partial charge in [-0.05, 0) is 43.3 Å². The first-order valence-corrected chi connectivity index (χ1v) is 12.5. The molecule has 4 heterocycles. The largest absolute Gasteiger partial charge is 0.345 e. The number of nitrogens with one attached hydrogen (secondary N) is 1. The number of halogens is 1. The number of carbonyl (C=O) groups excluding carboxylic acids is 1. The molecular weight excluding hydrogens is 465 g/mol. The topological polar surface area (TPSA) is 99.3 Å². The first kappa shape index (κ1) is 21.7. The van der Waals surface area contributed by atoms with Crippen LogP contribution in [0.1, 0.15) is 15.4 Å². The number of pyridine rings is 1. The second kappa shape index (κ2) is 8.32. The van der Waals surface area contributed by atoms with Gasteiger partial charge in [-0.2, -0.15) is 4.31 Å². The number of rotatable bonds is 4. The fraction of sp³-hybridized carbons (Fsp3) is 0.227. The number of benzene rings is 1. The number of thiazole rings is 1. The summed E-state index contributed by atoms with van der Waals surface area (Å²) >= 11 is 1.26. The predicted octanol–water partition coefficient (Wildman–Crippen LogP) is 3.28. The second-order valence-corrected chi connectivity index (χ2v) is 10.6. The molecule has 8 nitrogen and oxygen atoms in total. The van der Waals surface area contributed by atoms with E-state index in [9.17, 15) is 17.6 Å². The molecule has 1 amide bonds. The Balaban J connectivity index is 1.31. The zero-order chi connectivity index (χ0) is 23.2. The van der Waals surface area contributed by atoms with E-state index in [0.717, 1.165) is 5.56 Å². The van der Waals surface area contributed by atoms with Gasteiger partial charge in [-0.25, -0.2) is 22.8 Å². The van der Waals surface area contributed by atoms with E-state index >= 15 is 0 Å². The third-order valence-electron chi connectivity index (χ3n) is 5.64. The highest BCUT2D eigenvalue weighted by molar-refractivity contribution is 7.89. The zero-order valence-corrected chi connectivity index (χ0v) is 19.3. The van der Waals surface area contributed by atoms with E-state index in [4.69, 9.17) is 0 Å². The number of hydrogen-bond donors (Lipinski definition) is 1. The van der Waals surface area contributed by atoms with Gasteiger partial charge in [0.15, 0.2) is 0 Å². The van der Waals surface area contributed by atoms with Crippen LogP contribution in [0.4, 0.5) is 4.39 Å². The van der Waals surface area contributed by atoms with Crippen LogP contribution in [0.25, 0.3) is 21.6 Å². The Morgan fingerprint density at radius 1 is 1.12 bits per heavy atom. The molecule has 3 aromatic heterocycles. The van der Waals surface area contributed by atoms with Crippen molar-refractivity contribution in [1.29, 1.82) is 0 Å². The fourth-order valence-electron chi connectivity index (χ4n) is 3.87. The van der Waals surface area contributed by atoms with Crippen LogP contribution in [0.3, 0.4) is 0 Å². The minimum Gasteiger partial charge on any atom is -0.345 e. The van der Waals surface area contributed by atoms with Crippen LogP contribution in [0.2, 0.25) is 0 Å². The summed E-state index contributed by atoms with van der Waals surface area (Å²) in [4.78, 5) is 27.0. The number of aromatic nitrogens is 3. The number of amides is 1. The van der Waals surface area contributed by atoms with Gasteiger partial charge in [-0.1, -0.05) is 0 Å². The Morgan fingerprint density at radius 2 is 1.85 bits per heavy atom. The molecule has 0 atom stereocenters. The number of fused-ring (bicyclic) bond motifs is 1. The van der Waals surface area contributed by atoms with Gasteiger partial charge in [0.2, 0.25) is 10.0 Å². The van der Waals surface area contributed by atoms with Gasteiger partial charge in [-0.15, -0.1) is 11.3 Å². The molecule has 33 heavy (non-hydrogen) atoms. The van der Waals surface area contributed by atoms with E-state index in [1.807, 2.05) is 0 Å². The SMILES string of the molecule is Cc1nc(-c2ccc(F)cc2)sc1C(=O)N1CCN(S(=O)(=O)c2c[nH]c3ncccc23)CC1. The summed E-state index contributed by atoms with van der Waals surface area (Å²) in [5.74, 6) is -0.508. The summed E-state index contributed by atoms with van der Waals surface area (Å²) in [6.07, 6.45) is 3.06. The lowest BCUT2D eigenvalue weighted by atomic mass is 10.2. The van der Waals surface area contributed by atoms with Crippen LogP contribution in [0.5, 0.6) is 0 Å². The van der Waals surface area contributed by atoms with Crippen molar-refractivity contribution in [2.75, 3.05) is 26.2 Å². The molecule has 11 heteroatoms. The summed E-state index contributed by atoms with van der Waals surface area (Å²) in [5, 5.41) is 1.19. The minimum atomic E-state index is -3.72. The molecule has 1 saturated heterocycles. The lowest BCUT2D eigenvalue weighted by molar-refractivity contribution is 0.0702. The molecule has 0 aliphatic carbocycles. The van der Waals surface area contributed by atoms with Gasteiger partial charge < -0.3 is 9.88 Å². The van der Waals surface area contributed by atoms with Gasteiger partial charge in [0.05, 0.1) is 5.69 Å². The van der Waals surface area contributed by atoms with Gasteiger partial charge >= 0.3 is 0 Å². The van der Waals surface area contributed by atoms with Crippen LogP contribution in [-0.2, 0) is 10.0 Å². The second-order valence-electron chi connectivity index (χ2n) is 7.69. The van der Waals surface area contributed by atoms with Crippen LogP contribution in [0.15, 0.2) is 53.7 Å². The molecule has 5 rings (SSSR count). The summed E-state index contributed by atoms with van der Waals surface area (Å²) < 4.78 is 41.0. The van der Waals surface area contributed by atoms with Crippen molar-refractivity contribution in [3.05, 3.63) is 65.2 Å². The standard InChI is InChI=1S/C22H20FN5O3S2/c1-14-19(32-21(26-14)15-4-6-16(23)7-5-15)22(29)27-9-11-28(12-10-27)33(30,31)18-13-25-20-17(18)3-2-8-24-20/h2-8,13H,9-12H2,1H3,(H,24,25). The summed E-state index contributed by atoms with van der Waals surface area (Å²) in [6, 6.07) is 9.39. The molecule has 1 N–H and O–H groups in total. The number of hydrogen-bond acceptors (Lipinski definition) is 6. The average molecular weight is 486 g/mol. The number of nitrogens with zero attached hydrogens (tertiary/aromatic N) is 4. The van der Waals surface area contributed by atoms with E-state index in [-0.39, 0.29) is 42.8 Å². The summed E-state index contributed by atoms with van der Waals surface area (Å²) in [5.41, 5.74) is 1.86. The first-order valence-electron chi connectivity index (χ1n) is 10.3. The number of sulfonamides is 1. The predicted molar refractivity (Wildman–Crippen MR) is 123 cm³/mol. The van der Waals surface area contributed by atoms with Crippen molar-refractivity contribution >= 4 is 38.3 Å². The lowest BCUT2D eigenvalue weighted by Gasteiger charge is -2.33. The van der Waals surface area contributed by atoms with Crippen LogP contribution >= 0.6 is 11.3 Å². The van der Waals surface area contributed by atoms with Gasteiger partial charge in [-0.3, -0.25) is 4.79 Å². The summed E-state index contributed by atoms with van der Waals surface area (Å²) in [7, 11) is -3.72. The molecule has 170 valence electrons. The summed E-state index contributed by atoms with van der Waals surface area (Å²) in [6.45, 7) is 2.72. The number of piperazine rings is 1. The third-order valence-corrected chi connectivity index (χ3v) is 8.77. The Labute approximate surface area is 193 Å². The normalized spacial score (nSPS) is 15.3. The molecule has 1 aromatic carbocycles. The number of aryl methyl sites for hydroxylation is 1. The van der Waals surface area contributed by atoms with E-state index < -0.39 is 10.0 Å². The molecule has 0 saturated carbocycles. The Bertz CT molecular complexity index is 1440. The van der Waals surface area contributed by atoms with Crippen molar-refractivity contribution in [3.8, 4) is 10.6 Å². The molecule has 0 radical (unpaired) electrons. The van der Waals surface area contributed by atoms with Gasteiger partial charge in [0.1, 0.15) is 26.2 Å². The highest BCUT2D eigenvalue weighted by Gasteiger charge is 2.33. The lowest BCUT2D eigenvalue weighted by Crippen LogP contribution is -2.50. The van der Waals surface area contributed by atoms with Crippen molar-refractivity contribution in [3.63, 3.8) is 0 Å². The third kappa shape index (κ3) is 3.92. The maximum absolute atomic E-state index is 13.2. The average Bonchev–Trinajstić information content (AvgIpc) is 3.43. The Morgan fingerprint density at radius 3 is 2.58 bits per heavy atom. The van der Waals surface area contributed by atoms with Crippen molar-refractivity contribution in [2.24, 2.45) is 0 Å². The zero-order valence-electron chi connectivity index (χ0n) is 17.7. The maximum Gasteiger partial charge on any atom is 0.265 e. The molecule has 4 aromatic rings. The van der Waals surface area contributed by atoms with Crippen LogP contribution < -0.4 is 0 Å². The van der Waals surface area contributed by atoms with Crippen molar-refractivity contribution in [1.82, 2.24) is 24.2 Å². The minimum absolute atomic E-state index is 0.174. The number of carbonyl (C=O) groups is 1. The Kier molecular flexibility index (Phi) is 5.47. The Hall–Kier alpha value is -3.15. The van der Waals surface area contributed by atoms with E-state index in [0.29, 0.717) is 26.6 Å². The smallest absolute Gasteiger partial charge is 0.265 e. The molecule has 1 fully saturated rings. The van der Waals surface area contributed by atoms with E-state index in [1.54, 1.807) is 42.3 Å². The van der Waals surface area contributed by atoms with E-state index in [1.165, 1.54) is 34.0 Å². The van der Waals surface area contributed by atoms with Crippen LogP contribution in [0, 0.1) is 12.7 Å². The highest BCUT2D eigenvalue weighted by Crippen LogP contribution is 2.30. The first-order chi connectivity index (χ1) is 15.8. The quantitative estimate of drug-likeness (QED) is 0.478. The number of aromatic amines is 1. The molecule has 1 aliphatic rings.